The zero-order valence-electron chi connectivity index (χ0n) is 7.51. The van der Waals surface area contributed by atoms with Crippen LogP contribution in [0.4, 0.5) is 0 Å². The third kappa shape index (κ3) is 0.590. The standard InChI is InChI=1S/C9H15O2P/c1-12(10)7-6-8-4-2-3-5-9(8,12)11-8/h2-7H2,1H3/t8-,9-,12-/m1/s1. The molecule has 2 saturated heterocycles. The Morgan fingerprint density at radius 1 is 1.25 bits per heavy atom. The second-order valence-electron chi connectivity index (χ2n) is 4.66. The summed E-state index contributed by atoms with van der Waals surface area (Å²) in [5.41, 5.74) is 0.107. The monoisotopic (exact) mass is 186 g/mol. The number of hydrogen-bond acceptors (Lipinski definition) is 2. The lowest BCUT2D eigenvalue weighted by Gasteiger charge is -2.21. The highest BCUT2D eigenvalue weighted by Crippen LogP contribution is 2.82. The lowest BCUT2D eigenvalue weighted by Crippen LogP contribution is -2.23. The highest BCUT2D eigenvalue weighted by atomic mass is 31.2. The van der Waals surface area contributed by atoms with Gasteiger partial charge in [-0.15, -0.1) is 0 Å². The molecule has 0 radical (unpaired) electrons. The van der Waals surface area contributed by atoms with Crippen molar-refractivity contribution in [2.75, 3.05) is 12.8 Å². The van der Waals surface area contributed by atoms with Crippen LogP contribution in [-0.4, -0.2) is 23.8 Å². The molecule has 0 N–H and O–H groups in total. The van der Waals surface area contributed by atoms with Crippen molar-refractivity contribution in [2.45, 2.75) is 43.0 Å². The summed E-state index contributed by atoms with van der Waals surface area (Å²) in [7, 11) is -1.94. The third-order valence-corrected chi connectivity index (χ3v) is 7.41. The molecule has 0 aromatic rings. The second-order valence-corrected chi connectivity index (χ2v) is 8.03. The first kappa shape index (κ1) is 7.58. The molecule has 2 nitrogen and oxygen atoms in total. The molecule has 3 atom stereocenters. The van der Waals surface area contributed by atoms with E-state index in [-0.39, 0.29) is 10.9 Å². The Morgan fingerprint density at radius 2 is 2.00 bits per heavy atom. The molecular weight excluding hydrogens is 171 g/mol. The predicted molar refractivity (Wildman–Crippen MR) is 48.0 cm³/mol. The third-order valence-electron chi connectivity index (χ3n) is 4.09. The van der Waals surface area contributed by atoms with Crippen molar-refractivity contribution in [2.24, 2.45) is 0 Å². The topological polar surface area (TPSA) is 29.6 Å². The summed E-state index contributed by atoms with van der Waals surface area (Å²) in [6, 6.07) is 0. The molecule has 0 aromatic heterocycles. The van der Waals surface area contributed by atoms with Gasteiger partial charge in [0, 0.05) is 6.16 Å². The van der Waals surface area contributed by atoms with E-state index in [9.17, 15) is 4.57 Å². The van der Waals surface area contributed by atoms with Crippen molar-refractivity contribution >= 4 is 7.14 Å². The Bertz CT molecular complexity index is 284. The van der Waals surface area contributed by atoms with Crippen molar-refractivity contribution in [3.8, 4) is 0 Å². The van der Waals surface area contributed by atoms with E-state index in [4.69, 9.17) is 4.74 Å². The van der Waals surface area contributed by atoms with Crippen LogP contribution in [0, 0.1) is 0 Å². The maximum Gasteiger partial charge on any atom is 0.150 e. The van der Waals surface area contributed by atoms with E-state index in [1.807, 2.05) is 6.66 Å². The molecular formula is C9H15O2P. The van der Waals surface area contributed by atoms with Crippen LogP contribution in [0.2, 0.25) is 0 Å². The average Bonchev–Trinajstić information content (AvgIpc) is 2.66. The first-order valence-corrected chi connectivity index (χ1v) is 7.23. The SMILES string of the molecule is C[P@@]1(=O)CC[C@]23CCCC[C@]21O3. The van der Waals surface area contributed by atoms with Crippen LogP contribution in [0.5, 0.6) is 0 Å². The van der Waals surface area contributed by atoms with E-state index in [0.29, 0.717) is 0 Å². The van der Waals surface area contributed by atoms with Gasteiger partial charge in [-0.05, 0) is 32.3 Å². The lowest BCUT2D eigenvalue weighted by molar-refractivity contribution is 0.267. The molecule has 1 aliphatic carbocycles. The van der Waals surface area contributed by atoms with Gasteiger partial charge in [-0.1, -0.05) is 6.42 Å². The molecule has 0 aromatic carbocycles. The number of ether oxygens (including phenoxy) is 1. The normalized spacial score (nSPS) is 62.4. The van der Waals surface area contributed by atoms with Gasteiger partial charge in [0.25, 0.3) is 0 Å². The molecule has 0 amide bonds. The summed E-state index contributed by atoms with van der Waals surface area (Å²) < 4.78 is 18.1. The maximum absolute atomic E-state index is 12.2. The molecule has 2 aliphatic heterocycles. The first-order valence-electron chi connectivity index (χ1n) is 4.89. The van der Waals surface area contributed by atoms with Crippen LogP contribution in [0.25, 0.3) is 0 Å². The fourth-order valence-electron chi connectivity index (χ4n) is 3.31. The van der Waals surface area contributed by atoms with Crippen molar-refractivity contribution in [1.29, 1.82) is 0 Å². The number of epoxide rings is 1. The first-order chi connectivity index (χ1) is 5.62. The number of rotatable bonds is 0. The summed E-state index contributed by atoms with van der Waals surface area (Å²) in [6.45, 7) is 1.95. The van der Waals surface area contributed by atoms with Gasteiger partial charge in [-0.2, -0.15) is 0 Å². The minimum atomic E-state index is -1.94. The van der Waals surface area contributed by atoms with Gasteiger partial charge in [-0.25, -0.2) is 0 Å². The summed E-state index contributed by atoms with van der Waals surface area (Å²) in [5.74, 6) is 0. The fraction of sp³-hybridized carbons (Fsp3) is 1.00. The van der Waals surface area contributed by atoms with Gasteiger partial charge in [0.05, 0.1) is 0 Å². The van der Waals surface area contributed by atoms with Crippen molar-refractivity contribution in [1.82, 2.24) is 0 Å². The zero-order valence-corrected chi connectivity index (χ0v) is 8.40. The molecule has 12 heavy (non-hydrogen) atoms. The van der Waals surface area contributed by atoms with E-state index in [1.165, 1.54) is 19.3 Å². The maximum atomic E-state index is 12.2. The Hall–Kier alpha value is 0.190. The Kier molecular flexibility index (Phi) is 1.16. The van der Waals surface area contributed by atoms with E-state index >= 15 is 0 Å². The fourth-order valence-corrected chi connectivity index (χ4v) is 6.54. The van der Waals surface area contributed by atoms with E-state index < -0.39 is 7.14 Å². The Morgan fingerprint density at radius 3 is 2.75 bits per heavy atom. The van der Waals surface area contributed by atoms with Gasteiger partial charge in [-0.3, -0.25) is 0 Å². The van der Waals surface area contributed by atoms with Gasteiger partial charge in [0.15, 0.2) is 0 Å². The Labute approximate surface area is 73.0 Å². The molecule has 2 heterocycles. The lowest BCUT2D eigenvalue weighted by atomic mass is 9.87. The molecule has 3 heteroatoms. The quantitative estimate of drug-likeness (QED) is 0.429. The van der Waals surface area contributed by atoms with Crippen molar-refractivity contribution in [3.05, 3.63) is 0 Å². The highest BCUT2D eigenvalue weighted by Gasteiger charge is 2.80. The van der Waals surface area contributed by atoms with Crippen LogP contribution in [0.15, 0.2) is 0 Å². The second kappa shape index (κ2) is 1.83. The Balaban J connectivity index is 2.06. The average molecular weight is 186 g/mol. The van der Waals surface area contributed by atoms with E-state index in [2.05, 4.69) is 0 Å². The summed E-state index contributed by atoms with van der Waals surface area (Å²) in [5, 5.41) is -0.113. The molecule has 1 saturated carbocycles. The van der Waals surface area contributed by atoms with Crippen LogP contribution >= 0.6 is 7.14 Å². The smallest absolute Gasteiger partial charge is 0.150 e. The van der Waals surface area contributed by atoms with Gasteiger partial charge in [0.1, 0.15) is 18.1 Å². The van der Waals surface area contributed by atoms with Gasteiger partial charge >= 0.3 is 0 Å². The molecule has 3 fully saturated rings. The predicted octanol–water partition coefficient (Wildman–Crippen LogP) is 2.42. The number of hydrogen-bond donors (Lipinski definition) is 0. The van der Waals surface area contributed by atoms with Crippen molar-refractivity contribution < 1.29 is 9.30 Å². The summed E-state index contributed by atoms with van der Waals surface area (Å²) in [4.78, 5) is 0. The molecule has 3 aliphatic rings. The molecule has 68 valence electrons. The van der Waals surface area contributed by atoms with Gasteiger partial charge in [0.2, 0.25) is 0 Å². The zero-order chi connectivity index (χ0) is 8.45. The van der Waals surface area contributed by atoms with Crippen LogP contribution < -0.4 is 0 Å². The summed E-state index contributed by atoms with van der Waals surface area (Å²) in [6.07, 6.45) is 6.75. The van der Waals surface area contributed by atoms with Crippen LogP contribution in [-0.2, 0) is 9.30 Å². The molecule has 3 rings (SSSR count). The molecule has 0 unspecified atom stereocenters. The van der Waals surface area contributed by atoms with Crippen LogP contribution in [0.3, 0.4) is 0 Å². The van der Waals surface area contributed by atoms with E-state index in [0.717, 1.165) is 19.0 Å². The molecule has 0 bridgehead atoms. The minimum absolute atomic E-state index is 0.107. The summed E-state index contributed by atoms with van der Waals surface area (Å²) >= 11 is 0. The van der Waals surface area contributed by atoms with Crippen LogP contribution in [0.1, 0.15) is 32.1 Å². The molecule has 0 spiro atoms. The highest BCUT2D eigenvalue weighted by molar-refractivity contribution is 7.65. The minimum Gasteiger partial charge on any atom is -0.354 e. The van der Waals surface area contributed by atoms with E-state index in [1.54, 1.807) is 0 Å². The van der Waals surface area contributed by atoms with Gasteiger partial charge < -0.3 is 9.30 Å². The van der Waals surface area contributed by atoms with Crippen molar-refractivity contribution in [3.63, 3.8) is 0 Å². The largest absolute Gasteiger partial charge is 0.354 e.